The zero-order chi connectivity index (χ0) is 14.2. The molecule has 0 aromatic carbocycles. The van der Waals surface area contributed by atoms with E-state index in [4.69, 9.17) is 4.74 Å². The van der Waals surface area contributed by atoms with Crippen LogP contribution in [0.1, 0.15) is 90.4 Å². The third-order valence-corrected chi connectivity index (χ3v) is 5.02. The van der Waals surface area contributed by atoms with E-state index in [0.29, 0.717) is 23.9 Å². The first-order valence-corrected chi connectivity index (χ1v) is 8.97. The van der Waals surface area contributed by atoms with Gasteiger partial charge in [-0.3, -0.25) is 4.79 Å². The van der Waals surface area contributed by atoms with Gasteiger partial charge >= 0.3 is 0 Å². The third kappa shape index (κ3) is 5.20. The van der Waals surface area contributed by atoms with E-state index >= 15 is 0 Å². The quantitative estimate of drug-likeness (QED) is 0.524. The van der Waals surface area contributed by atoms with Crippen LogP contribution in [0.5, 0.6) is 0 Å². The zero-order valence-corrected chi connectivity index (χ0v) is 13.2. The molecule has 0 aromatic rings. The Morgan fingerprint density at radius 2 is 1.45 bits per heavy atom. The molecule has 2 heteroatoms. The number of hydrogen-bond donors (Lipinski definition) is 0. The minimum absolute atomic E-state index is 0.325. The van der Waals surface area contributed by atoms with Crippen LogP contribution >= 0.6 is 0 Å². The minimum Gasteiger partial charge on any atom is -0.375 e. The number of ketones is 1. The van der Waals surface area contributed by atoms with E-state index in [0.717, 1.165) is 25.7 Å². The molecular weight excluding hydrogens is 248 g/mol. The molecule has 2 aliphatic rings. The highest BCUT2D eigenvalue weighted by Crippen LogP contribution is 2.36. The van der Waals surface area contributed by atoms with E-state index < -0.39 is 0 Å². The zero-order valence-electron chi connectivity index (χ0n) is 13.2. The van der Waals surface area contributed by atoms with Crippen molar-refractivity contribution < 1.29 is 9.53 Å². The van der Waals surface area contributed by atoms with Gasteiger partial charge in [0.2, 0.25) is 0 Å². The van der Waals surface area contributed by atoms with Crippen molar-refractivity contribution in [3.8, 4) is 0 Å². The Morgan fingerprint density at radius 1 is 0.900 bits per heavy atom. The van der Waals surface area contributed by atoms with E-state index in [1.165, 1.54) is 57.8 Å². The van der Waals surface area contributed by atoms with Crippen LogP contribution in [-0.2, 0) is 9.53 Å². The summed E-state index contributed by atoms with van der Waals surface area (Å²) in [5, 5.41) is 0. The van der Waals surface area contributed by atoms with Gasteiger partial charge in [-0.05, 0) is 32.1 Å². The van der Waals surface area contributed by atoms with Crippen molar-refractivity contribution in [1.29, 1.82) is 0 Å². The SMILES string of the molecule is CCCCCCCCCCC(=O)C1CC2CCC(C1)O2. The molecule has 116 valence electrons. The Hall–Kier alpha value is -0.370. The number of carbonyl (C=O) groups excluding carboxylic acids is 1. The Morgan fingerprint density at radius 3 is 2.05 bits per heavy atom. The summed E-state index contributed by atoms with van der Waals surface area (Å²) in [6, 6.07) is 0. The number of fused-ring (bicyclic) bond motifs is 2. The Kier molecular flexibility index (Phi) is 7.06. The molecule has 2 bridgehead atoms. The lowest BCUT2D eigenvalue weighted by Crippen LogP contribution is -2.29. The number of ether oxygens (including phenoxy) is 1. The number of unbranched alkanes of at least 4 members (excludes halogenated alkanes) is 7. The summed E-state index contributed by atoms with van der Waals surface area (Å²) in [6.07, 6.45) is 16.5. The van der Waals surface area contributed by atoms with E-state index in [-0.39, 0.29) is 0 Å². The molecule has 2 heterocycles. The lowest BCUT2D eigenvalue weighted by atomic mass is 9.89. The highest BCUT2D eigenvalue weighted by molar-refractivity contribution is 5.81. The van der Waals surface area contributed by atoms with E-state index in [1.54, 1.807) is 0 Å². The van der Waals surface area contributed by atoms with Crippen molar-refractivity contribution in [2.75, 3.05) is 0 Å². The lowest BCUT2D eigenvalue weighted by Gasteiger charge is -2.27. The summed E-state index contributed by atoms with van der Waals surface area (Å²) in [5.74, 6) is 0.849. The van der Waals surface area contributed by atoms with Crippen molar-refractivity contribution in [2.24, 2.45) is 5.92 Å². The monoisotopic (exact) mass is 280 g/mol. The summed E-state index contributed by atoms with van der Waals surface area (Å²) in [5.41, 5.74) is 0. The molecule has 2 fully saturated rings. The van der Waals surface area contributed by atoms with Gasteiger partial charge in [0.25, 0.3) is 0 Å². The second kappa shape index (κ2) is 8.81. The van der Waals surface area contributed by atoms with Gasteiger partial charge in [0, 0.05) is 12.3 Å². The predicted octanol–water partition coefficient (Wildman–Crippen LogP) is 5.04. The van der Waals surface area contributed by atoms with Gasteiger partial charge in [-0.2, -0.15) is 0 Å². The molecule has 0 radical (unpaired) electrons. The molecule has 2 nitrogen and oxygen atoms in total. The first-order valence-electron chi connectivity index (χ1n) is 8.97. The normalized spacial score (nSPS) is 28.8. The van der Waals surface area contributed by atoms with Crippen LogP contribution in [0.3, 0.4) is 0 Å². The molecule has 2 aliphatic heterocycles. The van der Waals surface area contributed by atoms with Crippen LogP contribution in [0, 0.1) is 5.92 Å². The molecule has 0 amide bonds. The fourth-order valence-corrected chi connectivity index (χ4v) is 3.76. The minimum atomic E-state index is 0.325. The van der Waals surface area contributed by atoms with Crippen molar-refractivity contribution >= 4 is 5.78 Å². The average molecular weight is 280 g/mol. The molecule has 0 aromatic heterocycles. The number of rotatable bonds is 10. The molecule has 2 atom stereocenters. The summed E-state index contributed by atoms with van der Waals surface area (Å²) >= 11 is 0. The summed E-state index contributed by atoms with van der Waals surface area (Å²) in [6.45, 7) is 2.26. The highest BCUT2D eigenvalue weighted by atomic mass is 16.5. The second-order valence-corrected chi connectivity index (χ2v) is 6.82. The Bertz CT molecular complexity index is 275. The van der Waals surface area contributed by atoms with Crippen molar-refractivity contribution in [2.45, 2.75) is 103 Å². The Labute approximate surface area is 124 Å². The smallest absolute Gasteiger partial charge is 0.136 e. The molecule has 20 heavy (non-hydrogen) atoms. The van der Waals surface area contributed by atoms with Crippen LogP contribution in [0.4, 0.5) is 0 Å². The molecule has 0 N–H and O–H groups in total. The largest absolute Gasteiger partial charge is 0.375 e. The lowest BCUT2D eigenvalue weighted by molar-refractivity contribution is -0.128. The summed E-state index contributed by atoms with van der Waals surface area (Å²) < 4.78 is 5.82. The van der Waals surface area contributed by atoms with E-state index in [2.05, 4.69) is 6.92 Å². The number of hydrogen-bond acceptors (Lipinski definition) is 2. The van der Waals surface area contributed by atoms with E-state index in [1.807, 2.05) is 0 Å². The third-order valence-electron chi connectivity index (χ3n) is 5.02. The maximum absolute atomic E-state index is 12.2. The number of Topliss-reactive ketones (excluding diaryl/α,β-unsaturated/α-hetero) is 1. The molecule has 0 saturated carbocycles. The predicted molar refractivity (Wildman–Crippen MR) is 82.9 cm³/mol. The molecular formula is C18H32O2. The maximum Gasteiger partial charge on any atom is 0.136 e. The van der Waals surface area contributed by atoms with Gasteiger partial charge in [-0.25, -0.2) is 0 Å². The van der Waals surface area contributed by atoms with E-state index in [9.17, 15) is 4.79 Å². The molecule has 0 spiro atoms. The van der Waals surface area contributed by atoms with Crippen LogP contribution in [-0.4, -0.2) is 18.0 Å². The van der Waals surface area contributed by atoms with Gasteiger partial charge in [0.05, 0.1) is 12.2 Å². The van der Waals surface area contributed by atoms with Gasteiger partial charge in [0.15, 0.2) is 0 Å². The first-order chi connectivity index (χ1) is 9.79. The maximum atomic E-state index is 12.2. The molecule has 2 unspecified atom stereocenters. The second-order valence-electron chi connectivity index (χ2n) is 6.82. The molecule has 2 saturated heterocycles. The van der Waals surface area contributed by atoms with Gasteiger partial charge in [-0.1, -0.05) is 51.9 Å². The van der Waals surface area contributed by atoms with Crippen molar-refractivity contribution in [3.05, 3.63) is 0 Å². The van der Waals surface area contributed by atoms with Gasteiger partial charge < -0.3 is 4.74 Å². The highest BCUT2D eigenvalue weighted by Gasteiger charge is 2.37. The topological polar surface area (TPSA) is 26.3 Å². The Balaban J connectivity index is 1.48. The fraction of sp³-hybridized carbons (Fsp3) is 0.944. The first kappa shape index (κ1) is 16.0. The fourth-order valence-electron chi connectivity index (χ4n) is 3.76. The van der Waals surface area contributed by atoms with Crippen LogP contribution in [0.25, 0.3) is 0 Å². The van der Waals surface area contributed by atoms with Gasteiger partial charge in [0.1, 0.15) is 5.78 Å². The summed E-state index contributed by atoms with van der Waals surface area (Å²) in [4.78, 5) is 12.2. The molecule has 0 aliphatic carbocycles. The van der Waals surface area contributed by atoms with Gasteiger partial charge in [-0.15, -0.1) is 0 Å². The average Bonchev–Trinajstić information content (AvgIpc) is 2.80. The van der Waals surface area contributed by atoms with Crippen molar-refractivity contribution in [1.82, 2.24) is 0 Å². The van der Waals surface area contributed by atoms with Crippen LogP contribution < -0.4 is 0 Å². The van der Waals surface area contributed by atoms with Crippen LogP contribution in [0.15, 0.2) is 0 Å². The van der Waals surface area contributed by atoms with Crippen molar-refractivity contribution in [3.63, 3.8) is 0 Å². The molecule has 2 rings (SSSR count). The van der Waals surface area contributed by atoms with Crippen LogP contribution in [0.2, 0.25) is 0 Å². The summed E-state index contributed by atoms with van der Waals surface area (Å²) in [7, 11) is 0. The standard InChI is InChI=1S/C18H32O2/c1-2-3-4-5-6-7-8-9-10-18(19)15-13-16-11-12-17(14-15)20-16/h15-17H,2-14H2,1H3. The number of carbonyl (C=O) groups is 1.